The third kappa shape index (κ3) is 5.74. The summed E-state index contributed by atoms with van der Waals surface area (Å²) in [4.78, 5) is 23.4. The van der Waals surface area contributed by atoms with E-state index >= 15 is 0 Å². The zero-order valence-electron chi connectivity index (χ0n) is 11.1. The molecule has 0 heterocycles. The van der Waals surface area contributed by atoms with Crippen LogP contribution in [0.2, 0.25) is 0 Å². The van der Waals surface area contributed by atoms with Crippen LogP contribution in [0.5, 0.6) is 0 Å². The molecule has 3 N–H and O–H groups in total. The Hall–Kier alpha value is -2.22. The second kappa shape index (κ2) is 8.15. The summed E-state index contributed by atoms with van der Waals surface area (Å²) < 4.78 is 24.8. The number of aliphatic hydroxyl groups excluding tert-OH is 1. The minimum absolute atomic E-state index is 0.238. The molecule has 116 valence electrons. The fourth-order valence-corrected chi connectivity index (χ4v) is 1.72. The number of carboxylic acids is 1. The van der Waals surface area contributed by atoms with Crippen molar-refractivity contribution in [3.05, 3.63) is 29.8 Å². The second-order valence-corrected chi connectivity index (χ2v) is 4.22. The van der Waals surface area contributed by atoms with Crippen molar-refractivity contribution < 1.29 is 28.6 Å². The molecule has 0 saturated heterocycles. The summed E-state index contributed by atoms with van der Waals surface area (Å²) in [5, 5.41) is 20.0. The lowest BCUT2D eigenvalue weighted by Crippen LogP contribution is -2.40. The van der Waals surface area contributed by atoms with Crippen molar-refractivity contribution in [3.63, 3.8) is 0 Å². The Bertz CT molecular complexity index is 497. The number of rotatable bonds is 7. The number of carboxylic acid groups (broad SMARTS) is 1. The van der Waals surface area contributed by atoms with E-state index in [-0.39, 0.29) is 18.7 Å². The predicted octanol–water partition coefficient (Wildman–Crippen LogP) is 1.41. The van der Waals surface area contributed by atoms with Crippen LogP contribution in [0.1, 0.15) is 5.56 Å². The average Bonchev–Trinajstić information content (AvgIpc) is 2.39. The highest BCUT2D eigenvalue weighted by Crippen LogP contribution is 2.16. The number of para-hydroxylation sites is 1. The number of hydrogen-bond donors (Lipinski definition) is 3. The minimum atomic E-state index is -2.73. The average molecular weight is 302 g/mol. The van der Waals surface area contributed by atoms with Gasteiger partial charge in [0.1, 0.15) is 0 Å². The Labute approximate surface area is 120 Å². The van der Waals surface area contributed by atoms with Gasteiger partial charge in [-0.25, -0.2) is 13.6 Å². The summed E-state index contributed by atoms with van der Waals surface area (Å²) in [5.41, 5.74) is 0.599. The summed E-state index contributed by atoms with van der Waals surface area (Å²) >= 11 is 0. The van der Waals surface area contributed by atoms with Gasteiger partial charge in [-0.3, -0.25) is 4.79 Å². The van der Waals surface area contributed by atoms with Crippen LogP contribution in [0, 0.1) is 0 Å². The molecule has 0 fully saturated rings. The number of nitrogens with one attached hydrogen (secondary N) is 1. The molecule has 0 aliphatic carbocycles. The van der Waals surface area contributed by atoms with Gasteiger partial charge in [0.15, 0.2) is 0 Å². The fourth-order valence-electron chi connectivity index (χ4n) is 1.72. The first kappa shape index (κ1) is 16.8. The van der Waals surface area contributed by atoms with Gasteiger partial charge >= 0.3 is 12.0 Å². The maximum absolute atomic E-state index is 12.4. The van der Waals surface area contributed by atoms with Gasteiger partial charge in [0.2, 0.25) is 0 Å². The van der Waals surface area contributed by atoms with Crippen molar-refractivity contribution in [2.24, 2.45) is 0 Å². The van der Waals surface area contributed by atoms with Gasteiger partial charge in [0, 0.05) is 12.2 Å². The highest BCUT2D eigenvalue weighted by molar-refractivity contribution is 5.91. The van der Waals surface area contributed by atoms with E-state index in [1.165, 1.54) is 12.1 Å². The normalized spacial score (nSPS) is 10.5. The van der Waals surface area contributed by atoms with Crippen LogP contribution < -0.4 is 5.32 Å². The lowest BCUT2D eigenvalue weighted by Gasteiger charge is -2.22. The van der Waals surface area contributed by atoms with E-state index in [0.717, 1.165) is 4.90 Å². The summed E-state index contributed by atoms with van der Waals surface area (Å²) in [6, 6.07) is 5.38. The first-order chi connectivity index (χ1) is 9.93. The van der Waals surface area contributed by atoms with Crippen LogP contribution in [-0.2, 0) is 11.2 Å². The Balaban J connectivity index is 2.82. The number of alkyl halides is 2. The van der Waals surface area contributed by atoms with Gasteiger partial charge in [0.05, 0.1) is 19.6 Å². The van der Waals surface area contributed by atoms with Gasteiger partial charge < -0.3 is 20.4 Å². The van der Waals surface area contributed by atoms with Crippen LogP contribution in [0.4, 0.5) is 19.3 Å². The first-order valence-corrected chi connectivity index (χ1v) is 6.18. The Kier molecular flexibility index (Phi) is 6.54. The molecule has 0 aliphatic rings. The van der Waals surface area contributed by atoms with E-state index in [4.69, 9.17) is 10.2 Å². The predicted molar refractivity (Wildman–Crippen MR) is 71.5 cm³/mol. The quantitative estimate of drug-likeness (QED) is 0.710. The van der Waals surface area contributed by atoms with Gasteiger partial charge in [-0.1, -0.05) is 18.2 Å². The minimum Gasteiger partial charge on any atom is -0.481 e. The maximum Gasteiger partial charge on any atom is 0.322 e. The van der Waals surface area contributed by atoms with Crippen LogP contribution in [0.15, 0.2) is 24.3 Å². The van der Waals surface area contributed by atoms with Gasteiger partial charge in [-0.05, 0) is 11.6 Å². The number of benzene rings is 1. The number of urea groups is 1. The lowest BCUT2D eigenvalue weighted by molar-refractivity contribution is -0.136. The SMILES string of the molecule is O=C(O)Cc1ccccc1NC(=O)N(CCO)CC(F)F. The summed E-state index contributed by atoms with van der Waals surface area (Å²) in [5.74, 6) is -1.07. The number of aliphatic hydroxyl groups is 1. The number of hydrogen-bond acceptors (Lipinski definition) is 3. The molecule has 8 heteroatoms. The number of carbonyl (C=O) groups excluding carboxylic acids is 1. The van der Waals surface area contributed by atoms with E-state index in [1.807, 2.05) is 0 Å². The topological polar surface area (TPSA) is 89.9 Å². The molecule has 1 aromatic rings. The Morgan fingerprint density at radius 2 is 1.95 bits per heavy atom. The molecular formula is C13H16F2N2O4. The Morgan fingerprint density at radius 1 is 1.29 bits per heavy atom. The zero-order chi connectivity index (χ0) is 15.8. The summed E-state index contributed by atoms with van der Waals surface area (Å²) in [7, 11) is 0. The second-order valence-electron chi connectivity index (χ2n) is 4.22. The first-order valence-electron chi connectivity index (χ1n) is 6.18. The largest absolute Gasteiger partial charge is 0.481 e. The van der Waals surface area contributed by atoms with E-state index < -0.39 is 31.6 Å². The smallest absolute Gasteiger partial charge is 0.322 e. The molecule has 0 aromatic heterocycles. The molecule has 0 saturated carbocycles. The van der Waals surface area contributed by atoms with Gasteiger partial charge in [-0.15, -0.1) is 0 Å². The monoisotopic (exact) mass is 302 g/mol. The van der Waals surface area contributed by atoms with Crippen molar-refractivity contribution in [3.8, 4) is 0 Å². The molecule has 0 aliphatic heterocycles. The lowest BCUT2D eigenvalue weighted by atomic mass is 10.1. The number of nitrogens with zero attached hydrogens (tertiary/aromatic N) is 1. The van der Waals surface area contributed by atoms with Gasteiger partial charge in [0.25, 0.3) is 6.43 Å². The molecule has 0 spiro atoms. The third-order valence-corrected chi connectivity index (χ3v) is 2.62. The van der Waals surface area contributed by atoms with E-state index in [2.05, 4.69) is 5.32 Å². The molecule has 2 amide bonds. The number of aliphatic carboxylic acids is 1. The van der Waals surface area contributed by atoms with Crippen molar-refractivity contribution >= 4 is 17.7 Å². The third-order valence-electron chi connectivity index (χ3n) is 2.62. The van der Waals surface area contributed by atoms with E-state index in [1.54, 1.807) is 12.1 Å². The van der Waals surface area contributed by atoms with E-state index in [9.17, 15) is 18.4 Å². The molecule has 0 radical (unpaired) electrons. The molecule has 0 unspecified atom stereocenters. The number of anilines is 1. The molecule has 21 heavy (non-hydrogen) atoms. The fraction of sp³-hybridized carbons (Fsp3) is 0.385. The van der Waals surface area contributed by atoms with Crippen LogP contribution in [-0.4, -0.2) is 53.2 Å². The van der Waals surface area contributed by atoms with Crippen LogP contribution in [0.25, 0.3) is 0 Å². The zero-order valence-corrected chi connectivity index (χ0v) is 11.1. The highest BCUT2D eigenvalue weighted by Gasteiger charge is 2.19. The molecule has 1 rings (SSSR count). The highest BCUT2D eigenvalue weighted by atomic mass is 19.3. The maximum atomic E-state index is 12.4. The number of carbonyl (C=O) groups is 2. The van der Waals surface area contributed by atoms with Crippen molar-refractivity contribution in [1.82, 2.24) is 4.90 Å². The van der Waals surface area contributed by atoms with E-state index in [0.29, 0.717) is 5.56 Å². The molecule has 0 bridgehead atoms. The van der Waals surface area contributed by atoms with Crippen molar-refractivity contribution in [1.29, 1.82) is 0 Å². The number of amides is 2. The molecule has 6 nitrogen and oxygen atoms in total. The van der Waals surface area contributed by atoms with Crippen LogP contribution in [0.3, 0.4) is 0 Å². The Morgan fingerprint density at radius 3 is 2.52 bits per heavy atom. The standard InChI is InChI=1S/C13H16F2N2O4/c14-11(15)8-17(5-6-18)13(21)16-10-4-2-1-3-9(10)7-12(19)20/h1-4,11,18H,5-8H2,(H,16,21)(H,19,20). The van der Waals surface area contributed by atoms with Crippen LogP contribution >= 0.6 is 0 Å². The van der Waals surface area contributed by atoms with Crippen molar-refractivity contribution in [2.45, 2.75) is 12.8 Å². The summed E-state index contributed by atoms with van der Waals surface area (Å²) in [6.07, 6.45) is -3.03. The van der Waals surface area contributed by atoms with Gasteiger partial charge in [-0.2, -0.15) is 0 Å². The molecule has 0 atom stereocenters. The number of halogens is 2. The van der Waals surface area contributed by atoms with Crippen molar-refractivity contribution in [2.75, 3.05) is 25.0 Å². The molecular weight excluding hydrogens is 286 g/mol. The summed E-state index contributed by atoms with van der Waals surface area (Å²) in [6.45, 7) is -1.50. The molecule has 1 aromatic carbocycles.